The monoisotopic (exact) mass is 562 g/mol. The van der Waals surface area contributed by atoms with Gasteiger partial charge in [-0.25, -0.2) is 0 Å². The lowest BCUT2D eigenvalue weighted by atomic mass is 9.84. The van der Waals surface area contributed by atoms with Gasteiger partial charge in [0.25, 0.3) is 11.1 Å². The summed E-state index contributed by atoms with van der Waals surface area (Å²) in [5.74, 6) is -0.301. The van der Waals surface area contributed by atoms with Gasteiger partial charge in [0.15, 0.2) is 0 Å². The van der Waals surface area contributed by atoms with Crippen molar-refractivity contribution >= 4 is 51.0 Å². The number of aromatic amines is 1. The van der Waals surface area contributed by atoms with Gasteiger partial charge >= 0.3 is 6.18 Å². The molecule has 2 aliphatic rings. The lowest BCUT2D eigenvalue weighted by Gasteiger charge is -2.29. The Labute approximate surface area is 226 Å². The molecule has 1 aliphatic carbocycles. The Bertz CT molecular complexity index is 1410. The summed E-state index contributed by atoms with van der Waals surface area (Å²) >= 11 is 6.63. The van der Waals surface area contributed by atoms with E-state index < -0.39 is 22.9 Å². The number of H-pyrrole nitrogens is 1. The molecule has 38 heavy (non-hydrogen) atoms. The van der Waals surface area contributed by atoms with Crippen LogP contribution in [0.3, 0.4) is 0 Å². The van der Waals surface area contributed by atoms with E-state index in [2.05, 4.69) is 10.2 Å². The third-order valence-electron chi connectivity index (χ3n) is 7.31. The molecule has 200 valence electrons. The zero-order chi connectivity index (χ0) is 27.0. The summed E-state index contributed by atoms with van der Waals surface area (Å²) in [4.78, 5) is 27.9. The first-order chi connectivity index (χ1) is 18.1. The minimum Gasteiger partial charge on any atom is -0.326 e. The minimum absolute atomic E-state index is 0.0422. The fourth-order valence-electron chi connectivity index (χ4n) is 5.26. The van der Waals surface area contributed by atoms with Gasteiger partial charge in [-0.3, -0.25) is 19.6 Å². The van der Waals surface area contributed by atoms with E-state index in [1.807, 2.05) is 0 Å². The summed E-state index contributed by atoms with van der Waals surface area (Å²) in [7, 11) is 0. The number of amides is 2. The number of nitrogens with zero attached hydrogens (tertiary/aromatic N) is 2. The van der Waals surface area contributed by atoms with Crippen molar-refractivity contribution in [3.63, 3.8) is 0 Å². The predicted molar refractivity (Wildman–Crippen MR) is 142 cm³/mol. The van der Waals surface area contributed by atoms with Crippen molar-refractivity contribution in [2.24, 2.45) is 11.7 Å². The highest BCUT2D eigenvalue weighted by molar-refractivity contribution is 8.18. The number of aromatic nitrogens is 2. The number of benzene rings is 2. The second-order valence-electron chi connectivity index (χ2n) is 9.80. The van der Waals surface area contributed by atoms with Gasteiger partial charge in [-0.15, -0.1) is 0 Å². The second-order valence-corrected chi connectivity index (χ2v) is 11.2. The third kappa shape index (κ3) is 5.48. The predicted octanol–water partition coefficient (Wildman–Crippen LogP) is 6.79. The first-order valence-corrected chi connectivity index (χ1v) is 13.6. The van der Waals surface area contributed by atoms with E-state index in [0.29, 0.717) is 11.1 Å². The fourth-order valence-corrected chi connectivity index (χ4v) is 6.39. The molecule has 1 saturated carbocycles. The smallest absolute Gasteiger partial charge is 0.326 e. The zero-order valence-corrected chi connectivity index (χ0v) is 21.9. The number of hydrogen-bond donors (Lipinski definition) is 2. The van der Waals surface area contributed by atoms with E-state index in [4.69, 9.17) is 17.3 Å². The molecule has 2 heterocycles. The van der Waals surface area contributed by atoms with Crippen LogP contribution in [0.2, 0.25) is 5.02 Å². The molecule has 6 nitrogen and oxygen atoms in total. The van der Waals surface area contributed by atoms with Crippen LogP contribution in [-0.4, -0.2) is 38.8 Å². The molecule has 2 fully saturated rings. The number of alkyl halides is 3. The third-order valence-corrected chi connectivity index (χ3v) is 8.56. The van der Waals surface area contributed by atoms with E-state index in [-0.39, 0.29) is 40.4 Å². The number of hydrogen-bond acceptors (Lipinski definition) is 5. The van der Waals surface area contributed by atoms with Gasteiger partial charge in [-0.2, -0.15) is 18.3 Å². The highest BCUT2D eigenvalue weighted by Gasteiger charge is 2.40. The summed E-state index contributed by atoms with van der Waals surface area (Å²) in [6.07, 6.45) is 1.94. The highest BCUT2D eigenvalue weighted by Crippen LogP contribution is 2.42. The number of imide groups is 1. The Kier molecular flexibility index (Phi) is 7.57. The molecule has 0 spiro atoms. The summed E-state index contributed by atoms with van der Waals surface area (Å²) in [5, 5.41) is 7.06. The molecule has 1 aromatic heterocycles. The number of carbonyl (C=O) groups is 2. The van der Waals surface area contributed by atoms with Gasteiger partial charge < -0.3 is 5.73 Å². The first kappa shape index (κ1) is 26.8. The van der Waals surface area contributed by atoms with Crippen molar-refractivity contribution < 1.29 is 22.8 Å². The van der Waals surface area contributed by atoms with Crippen LogP contribution in [0.4, 0.5) is 18.0 Å². The maximum atomic E-state index is 13.9. The van der Waals surface area contributed by atoms with Crippen LogP contribution in [0, 0.1) is 5.92 Å². The molecule has 1 aliphatic heterocycles. The lowest BCUT2D eigenvalue weighted by Crippen LogP contribution is -2.44. The number of thioether (sulfide) groups is 1. The fraction of sp³-hybridized carbons (Fsp3) is 0.370. The van der Waals surface area contributed by atoms with Crippen LogP contribution < -0.4 is 5.73 Å². The molecule has 2 amide bonds. The summed E-state index contributed by atoms with van der Waals surface area (Å²) < 4.78 is 41.7. The Hall–Kier alpha value is -2.82. The van der Waals surface area contributed by atoms with Gasteiger partial charge in [-0.1, -0.05) is 43.0 Å². The largest absolute Gasteiger partial charge is 0.416 e. The van der Waals surface area contributed by atoms with E-state index in [1.165, 1.54) is 12.1 Å². The molecule has 0 radical (unpaired) electrons. The number of allylic oxidation sites excluding steroid dienone is 1. The summed E-state index contributed by atoms with van der Waals surface area (Å²) in [5.41, 5.74) is 7.09. The minimum atomic E-state index is -4.65. The van der Waals surface area contributed by atoms with Crippen LogP contribution in [-0.2, 0) is 17.4 Å². The molecule has 3 aromatic rings. The van der Waals surface area contributed by atoms with Gasteiger partial charge in [-0.05, 0) is 77.9 Å². The van der Waals surface area contributed by atoms with Crippen molar-refractivity contribution in [2.75, 3.05) is 6.54 Å². The quantitative estimate of drug-likeness (QED) is 0.323. The first-order valence-electron chi connectivity index (χ1n) is 12.4. The number of rotatable bonds is 6. The number of fused-ring (bicyclic) bond motifs is 1. The highest BCUT2D eigenvalue weighted by atomic mass is 35.5. The van der Waals surface area contributed by atoms with Crippen LogP contribution in [0.1, 0.15) is 48.8 Å². The average Bonchev–Trinajstić information content (AvgIpc) is 3.47. The van der Waals surface area contributed by atoms with Crippen LogP contribution >= 0.6 is 23.4 Å². The number of nitrogens with two attached hydrogens (primary N) is 1. The summed E-state index contributed by atoms with van der Waals surface area (Å²) in [6, 6.07) is 8.43. The normalized spacial score (nSPS) is 19.4. The Morgan fingerprint density at radius 2 is 1.92 bits per heavy atom. The average molecular weight is 563 g/mol. The van der Waals surface area contributed by atoms with E-state index in [9.17, 15) is 22.8 Å². The van der Waals surface area contributed by atoms with Crippen molar-refractivity contribution in [1.29, 1.82) is 0 Å². The van der Waals surface area contributed by atoms with Crippen LogP contribution in [0.15, 0.2) is 47.5 Å². The molecule has 11 heteroatoms. The molecule has 1 saturated heterocycles. The molecule has 0 unspecified atom stereocenters. The molecular weight excluding hydrogens is 537 g/mol. The van der Waals surface area contributed by atoms with E-state index in [0.717, 1.165) is 65.7 Å². The topological polar surface area (TPSA) is 92.1 Å². The maximum absolute atomic E-state index is 13.9. The van der Waals surface area contributed by atoms with Crippen LogP contribution in [0.5, 0.6) is 0 Å². The molecule has 2 aromatic carbocycles. The number of halogens is 4. The van der Waals surface area contributed by atoms with E-state index in [1.54, 1.807) is 24.4 Å². The Morgan fingerprint density at radius 1 is 1.16 bits per heavy atom. The Morgan fingerprint density at radius 3 is 2.66 bits per heavy atom. The van der Waals surface area contributed by atoms with Gasteiger partial charge in [0.1, 0.15) is 0 Å². The SMILES string of the molecule is N[C@@H](CN1C(=O)S/C(=C(/Cc2ccc(Cl)cc2C(F)(F)F)c2ccc3[nH]ncc3c2)C1=O)C1CCCCC1. The number of carbonyl (C=O) groups excluding carboxylic acids is 2. The van der Waals surface area contributed by atoms with Crippen molar-refractivity contribution in [2.45, 2.75) is 50.7 Å². The van der Waals surface area contributed by atoms with Crippen LogP contribution in [0.25, 0.3) is 16.5 Å². The van der Waals surface area contributed by atoms with Gasteiger partial charge in [0.05, 0.1) is 22.2 Å². The van der Waals surface area contributed by atoms with Gasteiger partial charge in [0, 0.05) is 23.0 Å². The zero-order valence-electron chi connectivity index (χ0n) is 20.4. The standard InChI is InChI=1S/C27H26ClF3N4O2S/c28-19-8-6-17(21(12-19)27(29,30)31)11-20(16-7-9-23-18(10-16)13-33-34-23)24-25(36)35(26(37)38-24)14-22(32)15-4-2-1-3-5-15/h6-10,12-13,15,22H,1-5,11,14,32H2,(H,33,34)/b24-20-/t22-/m0/s1. The van der Waals surface area contributed by atoms with Gasteiger partial charge in [0.2, 0.25) is 0 Å². The molecule has 3 N–H and O–H groups in total. The second kappa shape index (κ2) is 10.7. The molecule has 1 atom stereocenters. The molecule has 5 rings (SSSR count). The molecular formula is C27H26ClF3N4O2S. The maximum Gasteiger partial charge on any atom is 0.416 e. The van der Waals surface area contributed by atoms with Crippen molar-refractivity contribution in [1.82, 2.24) is 15.1 Å². The lowest BCUT2D eigenvalue weighted by molar-refractivity contribution is -0.138. The number of nitrogens with one attached hydrogen (secondary N) is 1. The molecule has 0 bridgehead atoms. The van der Waals surface area contributed by atoms with Crippen molar-refractivity contribution in [3.8, 4) is 0 Å². The Balaban J connectivity index is 1.55. The van der Waals surface area contributed by atoms with Crippen molar-refractivity contribution in [3.05, 3.63) is 69.2 Å². The summed E-state index contributed by atoms with van der Waals surface area (Å²) in [6.45, 7) is 0.0849. The van der Waals surface area contributed by atoms with E-state index >= 15 is 0 Å².